The quantitative estimate of drug-likeness (QED) is 0.206. The summed E-state index contributed by atoms with van der Waals surface area (Å²) < 4.78 is 28.6. The first kappa shape index (κ1) is 23.7. The van der Waals surface area contributed by atoms with Crippen LogP contribution in [0.2, 0.25) is 5.02 Å². The van der Waals surface area contributed by atoms with Crippen LogP contribution in [0, 0.1) is 23.0 Å². The van der Waals surface area contributed by atoms with Crippen LogP contribution in [0.25, 0.3) is 22.2 Å². The summed E-state index contributed by atoms with van der Waals surface area (Å²) in [4.78, 5) is 4.41. The fourth-order valence-electron chi connectivity index (χ4n) is 3.74. The Morgan fingerprint density at radius 2 is 1.89 bits per heavy atom. The number of nitrogens with zero attached hydrogens (tertiary/aromatic N) is 4. The van der Waals surface area contributed by atoms with Gasteiger partial charge in [-0.15, -0.1) is 5.10 Å². The molecule has 0 spiro atoms. The Bertz CT molecular complexity index is 1650. The lowest BCUT2D eigenvalue weighted by Crippen LogP contribution is -2.03. The van der Waals surface area contributed by atoms with E-state index >= 15 is 0 Å². The average molecular weight is 567 g/mol. The van der Waals surface area contributed by atoms with Gasteiger partial charge in [0.25, 0.3) is 0 Å². The molecule has 0 saturated heterocycles. The molecule has 0 amide bonds. The molecule has 36 heavy (non-hydrogen) atoms. The first-order valence-corrected chi connectivity index (χ1v) is 11.7. The first-order chi connectivity index (χ1) is 17.4. The maximum Gasteiger partial charge on any atom is 0.141 e. The minimum atomic E-state index is -0.542. The summed E-state index contributed by atoms with van der Waals surface area (Å²) in [6, 6.07) is 16.4. The minimum Gasteiger partial charge on any atom is -0.379 e. The van der Waals surface area contributed by atoms with Gasteiger partial charge in [-0.05, 0) is 58.4 Å². The summed E-state index contributed by atoms with van der Waals surface area (Å²) in [6.07, 6.45) is 1.46. The molecule has 5 aromatic rings. The first-order valence-electron chi connectivity index (χ1n) is 10.6. The zero-order valence-electron chi connectivity index (χ0n) is 18.3. The number of aromatic nitrogens is 4. The number of anilines is 3. The zero-order chi connectivity index (χ0) is 25.2. The van der Waals surface area contributed by atoms with Crippen LogP contribution in [0.3, 0.4) is 0 Å². The molecular weight excluding hydrogens is 552 g/mol. The summed E-state index contributed by atoms with van der Waals surface area (Å²) in [7, 11) is 0. The van der Waals surface area contributed by atoms with Crippen LogP contribution in [0.4, 0.5) is 25.8 Å². The van der Waals surface area contributed by atoms with Crippen molar-refractivity contribution in [2.75, 3.05) is 10.6 Å². The van der Waals surface area contributed by atoms with Crippen molar-refractivity contribution in [3.8, 4) is 17.3 Å². The lowest BCUT2D eigenvalue weighted by molar-refractivity contribution is 0.628. The fourth-order valence-corrected chi connectivity index (χ4v) is 4.48. The van der Waals surface area contributed by atoms with Gasteiger partial charge < -0.3 is 10.6 Å². The van der Waals surface area contributed by atoms with Gasteiger partial charge in [-0.3, -0.25) is 10.1 Å². The largest absolute Gasteiger partial charge is 0.379 e. The Morgan fingerprint density at radius 3 is 2.67 bits per heavy atom. The Kier molecular flexibility index (Phi) is 6.50. The number of nitriles is 1. The zero-order valence-corrected chi connectivity index (χ0v) is 20.6. The van der Waals surface area contributed by atoms with Gasteiger partial charge in [0.1, 0.15) is 23.4 Å². The second-order valence-electron chi connectivity index (χ2n) is 7.73. The molecule has 5 rings (SSSR count). The molecule has 11 heteroatoms. The maximum absolute atomic E-state index is 14.3. The minimum absolute atomic E-state index is 0.0429. The lowest BCUT2D eigenvalue weighted by Gasteiger charge is -2.15. The predicted molar refractivity (Wildman–Crippen MR) is 138 cm³/mol. The van der Waals surface area contributed by atoms with Gasteiger partial charge in [0.2, 0.25) is 0 Å². The predicted octanol–water partition coefficient (Wildman–Crippen LogP) is 6.94. The molecule has 2 heterocycles. The second kappa shape index (κ2) is 9.89. The van der Waals surface area contributed by atoms with Gasteiger partial charge in [-0.25, -0.2) is 8.78 Å². The molecule has 0 aliphatic rings. The van der Waals surface area contributed by atoms with Gasteiger partial charge in [-0.2, -0.15) is 5.26 Å². The van der Waals surface area contributed by atoms with E-state index in [1.54, 1.807) is 18.2 Å². The normalized spacial score (nSPS) is 10.9. The van der Waals surface area contributed by atoms with E-state index in [4.69, 9.17) is 11.6 Å². The number of hydrogen-bond acceptors (Lipinski definition) is 6. The van der Waals surface area contributed by atoms with Crippen LogP contribution < -0.4 is 10.6 Å². The monoisotopic (exact) mass is 565 g/mol. The Balaban J connectivity index is 1.50. The third-order valence-electron chi connectivity index (χ3n) is 5.46. The second-order valence-corrected chi connectivity index (χ2v) is 9.00. The third-order valence-corrected chi connectivity index (χ3v) is 6.35. The highest BCUT2D eigenvalue weighted by atomic mass is 79.9. The number of pyridine rings is 1. The van der Waals surface area contributed by atoms with Crippen molar-refractivity contribution in [1.82, 2.24) is 20.4 Å². The highest BCUT2D eigenvalue weighted by Gasteiger charge is 2.16. The van der Waals surface area contributed by atoms with Gasteiger partial charge in [0.15, 0.2) is 0 Å². The smallest absolute Gasteiger partial charge is 0.141 e. The molecule has 0 fully saturated rings. The highest BCUT2D eigenvalue weighted by molar-refractivity contribution is 9.10. The van der Waals surface area contributed by atoms with E-state index in [0.717, 1.165) is 0 Å². The molecule has 3 aromatic carbocycles. The van der Waals surface area contributed by atoms with Crippen molar-refractivity contribution in [1.29, 1.82) is 5.26 Å². The molecule has 7 nitrogen and oxygen atoms in total. The van der Waals surface area contributed by atoms with Crippen LogP contribution in [0.1, 0.15) is 11.3 Å². The summed E-state index contributed by atoms with van der Waals surface area (Å²) in [5.41, 5.74) is 3.97. The molecular formula is C25H15BrClF2N7. The molecule has 0 bridgehead atoms. The average Bonchev–Trinajstić information content (AvgIpc) is 3.34. The molecule has 178 valence electrons. The van der Waals surface area contributed by atoms with E-state index in [2.05, 4.69) is 53.0 Å². The van der Waals surface area contributed by atoms with Gasteiger partial charge >= 0.3 is 0 Å². The Hall–Kier alpha value is -4.07. The van der Waals surface area contributed by atoms with Gasteiger partial charge in [0, 0.05) is 33.0 Å². The maximum atomic E-state index is 14.3. The van der Waals surface area contributed by atoms with Crippen LogP contribution in [0.5, 0.6) is 0 Å². The highest BCUT2D eigenvalue weighted by Crippen LogP contribution is 2.36. The summed E-state index contributed by atoms with van der Waals surface area (Å²) in [6.45, 7) is 0.250. The lowest BCUT2D eigenvalue weighted by atomic mass is 10.1. The van der Waals surface area contributed by atoms with Crippen molar-refractivity contribution in [3.05, 3.63) is 93.2 Å². The van der Waals surface area contributed by atoms with E-state index in [-0.39, 0.29) is 17.4 Å². The van der Waals surface area contributed by atoms with Gasteiger partial charge in [0.05, 0.1) is 34.0 Å². The fraction of sp³-hybridized carbons (Fsp3) is 0.0400. The Labute approximate surface area is 217 Å². The Morgan fingerprint density at radius 1 is 1.06 bits per heavy atom. The number of benzene rings is 3. The van der Waals surface area contributed by atoms with Crippen LogP contribution in [-0.4, -0.2) is 20.4 Å². The SMILES string of the molecule is N#Cc1cnc2c(Br)cc(NCc3nn[nH]c3-c3ccccc3F)cc2c1Nc1ccc(F)c(Cl)c1. The van der Waals surface area contributed by atoms with Crippen molar-refractivity contribution in [2.45, 2.75) is 6.54 Å². The standard InChI is InChI=1S/C25H15BrClF2N7/c26-18-8-15(31-12-22-25(35-36-34-22)16-3-1-2-4-20(16)28)7-17-23(13(10-30)11-32-24(17)18)33-14-5-6-21(29)19(27)9-14/h1-9,11,31H,12H2,(H,32,33)(H,34,35,36). The van der Waals surface area contributed by atoms with E-state index < -0.39 is 5.82 Å². The van der Waals surface area contributed by atoms with Crippen molar-refractivity contribution >= 4 is 55.5 Å². The number of hydrogen-bond donors (Lipinski definition) is 3. The van der Waals surface area contributed by atoms with E-state index in [1.807, 2.05) is 12.1 Å². The molecule has 0 aliphatic heterocycles. The van der Waals surface area contributed by atoms with Crippen LogP contribution in [-0.2, 0) is 6.54 Å². The van der Waals surface area contributed by atoms with E-state index in [9.17, 15) is 14.0 Å². The molecule has 0 aliphatic carbocycles. The molecule has 2 aromatic heterocycles. The topological polar surface area (TPSA) is 102 Å². The summed E-state index contributed by atoms with van der Waals surface area (Å²) in [5, 5.41) is 27.4. The van der Waals surface area contributed by atoms with Crippen LogP contribution in [0.15, 0.2) is 65.3 Å². The number of fused-ring (bicyclic) bond motifs is 1. The molecule has 0 saturated carbocycles. The molecule has 0 atom stereocenters. The third kappa shape index (κ3) is 4.58. The summed E-state index contributed by atoms with van der Waals surface area (Å²) >= 11 is 9.48. The number of nitrogens with one attached hydrogen (secondary N) is 3. The molecule has 0 radical (unpaired) electrons. The molecule has 3 N–H and O–H groups in total. The molecule has 0 unspecified atom stereocenters. The van der Waals surface area contributed by atoms with E-state index in [0.29, 0.717) is 55.0 Å². The number of H-pyrrole nitrogens is 1. The van der Waals surface area contributed by atoms with E-state index in [1.165, 1.54) is 30.5 Å². The van der Waals surface area contributed by atoms with Crippen molar-refractivity contribution < 1.29 is 8.78 Å². The number of rotatable bonds is 6. The van der Waals surface area contributed by atoms with Gasteiger partial charge in [-0.1, -0.05) is 28.9 Å². The van der Waals surface area contributed by atoms with Crippen molar-refractivity contribution in [2.24, 2.45) is 0 Å². The number of aromatic amines is 1. The number of halogens is 4. The van der Waals surface area contributed by atoms with Crippen molar-refractivity contribution in [3.63, 3.8) is 0 Å². The summed E-state index contributed by atoms with van der Waals surface area (Å²) in [5.74, 6) is -0.927. The van der Waals surface area contributed by atoms with Crippen LogP contribution >= 0.6 is 27.5 Å².